The number of aryl methyl sites for hydroxylation is 2. The molecule has 0 unspecified atom stereocenters. The average Bonchev–Trinajstić information content (AvgIpc) is 3.53. The molecule has 36 heavy (non-hydrogen) atoms. The zero-order chi connectivity index (χ0) is 24.8. The van der Waals surface area contributed by atoms with E-state index in [9.17, 15) is 0 Å². The maximum absolute atomic E-state index is 3.59. The molecule has 6 aromatic rings. The van der Waals surface area contributed by atoms with Gasteiger partial charge in [-0.1, -0.05) is 68.4 Å². The van der Waals surface area contributed by atoms with Gasteiger partial charge in [-0.2, -0.15) is 0 Å². The number of aromatic amines is 1. The first-order valence-electron chi connectivity index (χ1n) is 13.4. The number of nitrogens with zero attached hydrogens (tertiary/aromatic N) is 2. The average molecular weight is 474 g/mol. The summed E-state index contributed by atoms with van der Waals surface area (Å²) < 4.78 is 5.07. The molecule has 0 spiro atoms. The number of para-hydroxylation sites is 3. The maximum Gasteiger partial charge on any atom is 0.0485 e. The minimum atomic E-state index is 0.132. The number of nitrogens with one attached hydrogen (secondary N) is 1. The Kier molecular flexibility index (Phi) is 5.72. The third-order valence-electron chi connectivity index (χ3n) is 7.96. The molecule has 0 fully saturated rings. The molecule has 0 aliphatic carbocycles. The van der Waals surface area contributed by atoms with E-state index in [0.29, 0.717) is 0 Å². The van der Waals surface area contributed by atoms with Crippen molar-refractivity contribution in [3.63, 3.8) is 0 Å². The summed E-state index contributed by atoms with van der Waals surface area (Å²) in [6, 6.07) is 26.7. The Labute approximate surface area is 213 Å². The van der Waals surface area contributed by atoms with E-state index >= 15 is 0 Å². The number of hydrogen-bond donors (Lipinski definition) is 1. The van der Waals surface area contributed by atoms with Crippen molar-refractivity contribution in [2.24, 2.45) is 0 Å². The van der Waals surface area contributed by atoms with Gasteiger partial charge in [-0.25, -0.2) is 0 Å². The summed E-state index contributed by atoms with van der Waals surface area (Å²) in [6.45, 7) is 11.3. The van der Waals surface area contributed by atoms with Crippen LogP contribution >= 0.6 is 0 Å². The molecule has 3 aromatic heterocycles. The molecule has 1 N–H and O–H groups in total. The number of H-pyrrole nitrogens is 1. The Bertz CT molecular complexity index is 1600. The molecular formula is C33H35N3. The summed E-state index contributed by atoms with van der Waals surface area (Å²) in [4.78, 5) is 3.59. The fourth-order valence-corrected chi connectivity index (χ4v) is 6.46. The van der Waals surface area contributed by atoms with E-state index in [2.05, 4.69) is 121 Å². The van der Waals surface area contributed by atoms with Crippen molar-refractivity contribution in [3.05, 3.63) is 107 Å². The molecule has 0 bridgehead atoms. The van der Waals surface area contributed by atoms with Crippen LogP contribution in [-0.4, -0.2) is 14.1 Å². The highest BCUT2D eigenvalue weighted by atomic mass is 15.0. The summed E-state index contributed by atoms with van der Waals surface area (Å²) in [5.74, 6) is 0.132. The fraction of sp³-hybridized carbons (Fsp3) is 0.273. The molecule has 0 saturated carbocycles. The summed E-state index contributed by atoms with van der Waals surface area (Å²) >= 11 is 0. The summed E-state index contributed by atoms with van der Waals surface area (Å²) in [7, 11) is 0. The van der Waals surface area contributed by atoms with Crippen molar-refractivity contribution >= 4 is 32.7 Å². The molecule has 0 saturated heterocycles. The highest BCUT2D eigenvalue weighted by Crippen LogP contribution is 2.46. The zero-order valence-corrected chi connectivity index (χ0v) is 21.8. The van der Waals surface area contributed by atoms with E-state index in [0.717, 1.165) is 25.9 Å². The van der Waals surface area contributed by atoms with Crippen LogP contribution in [0.1, 0.15) is 60.7 Å². The van der Waals surface area contributed by atoms with Crippen LogP contribution in [0.2, 0.25) is 0 Å². The highest BCUT2D eigenvalue weighted by Gasteiger charge is 2.31. The summed E-state index contributed by atoms with van der Waals surface area (Å²) in [5.41, 5.74) is 10.9. The third kappa shape index (κ3) is 3.33. The van der Waals surface area contributed by atoms with Crippen molar-refractivity contribution in [2.45, 2.75) is 59.5 Å². The highest BCUT2D eigenvalue weighted by molar-refractivity contribution is 5.94. The summed E-state index contributed by atoms with van der Waals surface area (Å²) in [5, 5.41) is 4.04. The number of aromatic nitrogens is 3. The van der Waals surface area contributed by atoms with Gasteiger partial charge in [0.25, 0.3) is 0 Å². The lowest BCUT2D eigenvalue weighted by atomic mass is 9.82. The van der Waals surface area contributed by atoms with Gasteiger partial charge in [-0.15, -0.1) is 0 Å². The molecule has 3 nitrogen and oxygen atoms in total. The largest absolute Gasteiger partial charge is 0.361 e. The minimum absolute atomic E-state index is 0.132. The molecule has 0 amide bonds. The monoisotopic (exact) mass is 473 g/mol. The standard InChI is InChI=1S/C33H35N3/c1-5-19-35-22(3)31(25-14-8-11-17-29(25)35)33(27-21-34-28-16-10-7-13-24(27)28)32-23(4)36(20-6-2)30-18-12-9-15-26(30)32/h7-18,21,33-34H,5-6,19-20H2,1-4H3. The Balaban J connectivity index is 1.76. The molecule has 3 heteroatoms. The second-order valence-corrected chi connectivity index (χ2v) is 10.1. The van der Waals surface area contributed by atoms with E-state index in [4.69, 9.17) is 0 Å². The van der Waals surface area contributed by atoms with Gasteiger partial charge < -0.3 is 14.1 Å². The first kappa shape index (κ1) is 22.7. The van der Waals surface area contributed by atoms with Gasteiger partial charge in [-0.05, 0) is 61.6 Å². The molecule has 3 aromatic carbocycles. The Morgan fingerprint density at radius 3 is 1.64 bits per heavy atom. The van der Waals surface area contributed by atoms with Crippen LogP contribution < -0.4 is 0 Å². The number of fused-ring (bicyclic) bond motifs is 3. The molecule has 0 radical (unpaired) electrons. The topological polar surface area (TPSA) is 25.6 Å². The van der Waals surface area contributed by atoms with Gasteiger partial charge in [0.05, 0.1) is 0 Å². The van der Waals surface area contributed by atoms with Crippen LogP contribution in [0.4, 0.5) is 0 Å². The van der Waals surface area contributed by atoms with Crippen molar-refractivity contribution in [2.75, 3.05) is 0 Å². The van der Waals surface area contributed by atoms with Crippen LogP contribution in [0, 0.1) is 13.8 Å². The third-order valence-corrected chi connectivity index (χ3v) is 7.96. The van der Waals surface area contributed by atoms with E-state index in [-0.39, 0.29) is 5.92 Å². The number of rotatable bonds is 7. The molecule has 6 rings (SSSR count). The second kappa shape index (κ2) is 9.05. The SMILES string of the molecule is CCCn1c(C)c(C(c2c[nH]c3ccccc23)c2c(C)n(CCC)c3ccccc23)c2ccccc21. The maximum atomic E-state index is 3.59. The quantitative estimate of drug-likeness (QED) is 0.240. The van der Waals surface area contributed by atoms with Gasteiger partial charge >= 0.3 is 0 Å². The molecule has 3 heterocycles. The number of benzene rings is 3. The first-order valence-corrected chi connectivity index (χ1v) is 13.4. The van der Waals surface area contributed by atoms with Crippen LogP contribution in [0.5, 0.6) is 0 Å². The van der Waals surface area contributed by atoms with Crippen molar-refractivity contribution in [1.29, 1.82) is 0 Å². The Morgan fingerprint density at radius 1 is 0.639 bits per heavy atom. The normalized spacial score (nSPS) is 12.0. The van der Waals surface area contributed by atoms with E-state index < -0.39 is 0 Å². The van der Waals surface area contributed by atoms with Gasteiger partial charge in [0, 0.05) is 69.3 Å². The molecular weight excluding hydrogens is 438 g/mol. The van der Waals surface area contributed by atoms with Gasteiger partial charge in [0.1, 0.15) is 0 Å². The lowest BCUT2D eigenvalue weighted by molar-refractivity contribution is 0.675. The Hall–Kier alpha value is -3.72. The summed E-state index contributed by atoms with van der Waals surface area (Å²) in [6.07, 6.45) is 4.49. The van der Waals surface area contributed by atoms with E-state index in [1.807, 2.05) is 0 Å². The minimum Gasteiger partial charge on any atom is -0.361 e. The predicted molar refractivity (Wildman–Crippen MR) is 153 cm³/mol. The van der Waals surface area contributed by atoms with Crippen molar-refractivity contribution in [3.8, 4) is 0 Å². The molecule has 0 atom stereocenters. The zero-order valence-electron chi connectivity index (χ0n) is 21.8. The van der Waals surface area contributed by atoms with Gasteiger partial charge in [-0.3, -0.25) is 0 Å². The van der Waals surface area contributed by atoms with Gasteiger partial charge in [0.15, 0.2) is 0 Å². The lowest BCUT2D eigenvalue weighted by Crippen LogP contribution is -2.08. The molecule has 0 aliphatic rings. The lowest BCUT2D eigenvalue weighted by Gasteiger charge is -2.20. The first-order chi connectivity index (χ1) is 17.7. The van der Waals surface area contributed by atoms with Gasteiger partial charge in [0.2, 0.25) is 0 Å². The van der Waals surface area contributed by atoms with Crippen LogP contribution in [0.3, 0.4) is 0 Å². The van der Waals surface area contributed by atoms with Crippen LogP contribution in [-0.2, 0) is 13.1 Å². The van der Waals surface area contributed by atoms with Crippen LogP contribution in [0.15, 0.2) is 79.0 Å². The van der Waals surface area contributed by atoms with Crippen LogP contribution in [0.25, 0.3) is 32.7 Å². The number of hydrogen-bond acceptors (Lipinski definition) is 0. The Morgan fingerprint density at radius 2 is 1.11 bits per heavy atom. The molecule has 182 valence electrons. The smallest absolute Gasteiger partial charge is 0.0485 e. The predicted octanol–water partition coefficient (Wildman–Crippen LogP) is 8.69. The van der Waals surface area contributed by atoms with Crippen molar-refractivity contribution < 1.29 is 0 Å². The molecule has 0 aliphatic heterocycles. The van der Waals surface area contributed by atoms with Crippen molar-refractivity contribution in [1.82, 2.24) is 14.1 Å². The van der Waals surface area contributed by atoms with E-state index in [1.165, 1.54) is 60.8 Å². The van der Waals surface area contributed by atoms with E-state index in [1.54, 1.807) is 0 Å². The second-order valence-electron chi connectivity index (χ2n) is 10.1. The fourth-order valence-electron chi connectivity index (χ4n) is 6.46.